The van der Waals surface area contributed by atoms with Crippen LogP contribution in [0, 0.1) is 5.92 Å². The molecule has 7 N–H and O–H groups in total. The van der Waals surface area contributed by atoms with Crippen molar-refractivity contribution in [2.45, 2.75) is 88.9 Å². The molecule has 1 aliphatic carbocycles. The van der Waals surface area contributed by atoms with Gasteiger partial charge in [-0.05, 0) is 74.6 Å². The normalized spacial score (nSPS) is 24.9. The van der Waals surface area contributed by atoms with Crippen molar-refractivity contribution in [2.24, 2.45) is 11.7 Å². The van der Waals surface area contributed by atoms with Gasteiger partial charge >= 0.3 is 0 Å². The van der Waals surface area contributed by atoms with Crippen molar-refractivity contribution in [1.82, 2.24) is 26.6 Å². The minimum atomic E-state index is -0.888. The molecule has 2 aliphatic heterocycles. The lowest BCUT2D eigenvalue weighted by Crippen LogP contribution is -2.49. The third kappa shape index (κ3) is 11.4. The molecule has 1 fully saturated rings. The summed E-state index contributed by atoms with van der Waals surface area (Å²) in [7, 11) is 0. The standard InChI is InChI=1S/C34H44N6O7/c35-32(44)27-9-3-4-18-36-29(41)16-17-30(42)38-25-12-10-22(11-13-25)33(45)40-28(15-14-26-8-5-19-47-26)34(46)37-21-24-7-2-1-6-23(24)20-31(43)39-27/h1-2,5-8,16-17,19,22,25,27-28H,3-4,9-15,18,20-21H2,(H2,35,44)(H,36,41)(H,37,46)(H,38,42)(H,39,43)(H,40,45)/b17-16+/t22-,25+,27-,28-/m0/s1. The first-order chi connectivity index (χ1) is 22.7. The molecular weight excluding hydrogens is 604 g/mol. The highest BCUT2D eigenvalue weighted by molar-refractivity contribution is 5.96. The van der Waals surface area contributed by atoms with Gasteiger partial charge in [-0.1, -0.05) is 24.3 Å². The molecule has 252 valence electrons. The second kappa shape index (κ2) is 17.7. The summed E-state index contributed by atoms with van der Waals surface area (Å²) in [4.78, 5) is 76.4. The number of nitrogens with one attached hydrogen (secondary N) is 5. The molecular formula is C34H44N6O7. The fourth-order valence-electron chi connectivity index (χ4n) is 5.86. The van der Waals surface area contributed by atoms with Crippen molar-refractivity contribution < 1.29 is 33.2 Å². The van der Waals surface area contributed by atoms with Crippen LogP contribution in [-0.2, 0) is 48.2 Å². The Bertz CT molecular complexity index is 1430. The van der Waals surface area contributed by atoms with Gasteiger partial charge in [-0.15, -0.1) is 0 Å². The first-order valence-electron chi connectivity index (χ1n) is 16.2. The molecule has 6 amide bonds. The summed E-state index contributed by atoms with van der Waals surface area (Å²) >= 11 is 0. The van der Waals surface area contributed by atoms with Crippen molar-refractivity contribution in [1.29, 1.82) is 0 Å². The largest absolute Gasteiger partial charge is 0.469 e. The van der Waals surface area contributed by atoms with Crippen LogP contribution in [0.4, 0.5) is 0 Å². The molecule has 0 unspecified atom stereocenters. The van der Waals surface area contributed by atoms with E-state index < -0.39 is 35.7 Å². The third-order valence-corrected chi connectivity index (χ3v) is 8.54. The molecule has 0 radical (unpaired) electrons. The fraction of sp³-hybridized carbons (Fsp3) is 0.471. The predicted octanol–water partition coefficient (Wildman–Crippen LogP) is 1.06. The van der Waals surface area contributed by atoms with E-state index in [1.54, 1.807) is 36.6 Å². The first-order valence-corrected chi connectivity index (χ1v) is 16.2. The zero-order valence-electron chi connectivity index (χ0n) is 26.4. The molecule has 0 saturated heterocycles. The molecule has 2 bridgehead atoms. The summed E-state index contributed by atoms with van der Waals surface area (Å²) in [6.07, 6.45) is 8.21. The van der Waals surface area contributed by atoms with Gasteiger partial charge in [0.05, 0.1) is 12.7 Å². The fourth-order valence-corrected chi connectivity index (χ4v) is 5.86. The Morgan fingerprint density at radius 2 is 1.53 bits per heavy atom. The average Bonchev–Trinajstić information content (AvgIpc) is 3.58. The van der Waals surface area contributed by atoms with Crippen LogP contribution in [0.15, 0.2) is 59.2 Å². The summed E-state index contributed by atoms with van der Waals surface area (Å²) in [6.45, 7) is 0.443. The quantitative estimate of drug-likeness (QED) is 0.284. The minimum absolute atomic E-state index is 0.0346. The Kier molecular flexibility index (Phi) is 13.1. The lowest BCUT2D eigenvalue weighted by atomic mass is 9.85. The van der Waals surface area contributed by atoms with Gasteiger partial charge in [-0.25, -0.2) is 0 Å². The maximum atomic E-state index is 13.5. The second-order valence-electron chi connectivity index (χ2n) is 12.0. The van der Waals surface area contributed by atoms with Crippen LogP contribution in [0.25, 0.3) is 0 Å². The number of hydrogen-bond donors (Lipinski definition) is 6. The Balaban J connectivity index is 1.48. The topological polar surface area (TPSA) is 202 Å². The number of fused-ring (bicyclic) bond motifs is 19. The van der Waals surface area contributed by atoms with Gasteiger partial charge in [0.15, 0.2) is 0 Å². The van der Waals surface area contributed by atoms with Gasteiger partial charge in [0, 0.05) is 43.6 Å². The van der Waals surface area contributed by atoms with Crippen molar-refractivity contribution in [3.05, 3.63) is 71.7 Å². The smallest absolute Gasteiger partial charge is 0.244 e. The Labute approximate surface area is 273 Å². The third-order valence-electron chi connectivity index (χ3n) is 8.54. The lowest BCUT2D eigenvalue weighted by Gasteiger charge is -2.29. The van der Waals surface area contributed by atoms with Crippen LogP contribution in [0.3, 0.4) is 0 Å². The molecule has 1 saturated carbocycles. The van der Waals surface area contributed by atoms with Crippen molar-refractivity contribution in [3.8, 4) is 0 Å². The Morgan fingerprint density at radius 1 is 0.787 bits per heavy atom. The highest BCUT2D eigenvalue weighted by Gasteiger charge is 2.30. The Hall–Kier alpha value is -4.94. The number of benzene rings is 1. The van der Waals surface area contributed by atoms with Crippen LogP contribution in [-0.4, -0.2) is 60.1 Å². The van der Waals surface area contributed by atoms with E-state index in [-0.39, 0.29) is 36.7 Å². The van der Waals surface area contributed by atoms with E-state index in [0.717, 1.165) is 6.08 Å². The molecule has 0 spiro atoms. The lowest BCUT2D eigenvalue weighted by molar-refractivity contribution is -0.132. The van der Waals surface area contributed by atoms with Crippen molar-refractivity contribution in [3.63, 3.8) is 0 Å². The van der Waals surface area contributed by atoms with E-state index in [1.807, 2.05) is 6.07 Å². The SMILES string of the molecule is NC(=O)[C@@H]1CCCCNC(=O)/C=C/C(=O)N[C@H]2CC[C@H](CC2)C(=O)N[C@@H](CCc2ccco2)C(=O)NCc2ccccc2CC(=O)N1. The molecule has 1 aromatic carbocycles. The first kappa shape index (κ1) is 34.9. The van der Waals surface area contributed by atoms with Crippen molar-refractivity contribution in [2.75, 3.05) is 6.54 Å². The average molecular weight is 649 g/mol. The Morgan fingerprint density at radius 3 is 2.26 bits per heavy atom. The van der Waals surface area contributed by atoms with Gasteiger partial charge in [0.1, 0.15) is 17.8 Å². The number of primary amides is 1. The molecule has 13 nitrogen and oxygen atoms in total. The number of carbonyl (C=O) groups is 6. The van der Waals surface area contributed by atoms with E-state index in [0.29, 0.717) is 81.2 Å². The molecule has 3 aliphatic rings. The van der Waals surface area contributed by atoms with E-state index in [2.05, 4.69) is 26.6 Å². The van der Waals surface area contributed by atoms with Crippen LogP contribution >= 0.6 is 0 Å². The van der Waals surface area contributed by atoms with E-state index >= 15 is 0 Å². The highest BCUT2D eigenvalue weighted by atomic mass is 16.3. The van der Waals surface area contributed by atoms with Crippen LogP contribution in [0.2, 0.25) is 0 Å². The number of amides is 6. The van der Waals surface area contributed by atoms with Gasteiger partial charge < -0.3 is 36.7 Å². The number of nitrogens with two attached hydrogens (primary N) is 1. The number of aryl methyl sites for hydroxylation is 1. The molecule has 2 aromatic rings. The number of furan rings is 1. The van der Waals surface area contributed by atoms with E-state index in [1.165, 1.54) is 6.08 Å². The molecule has 3 heterocycles. The number of rotatable bonds is 4. The maximum Gasteiger partial charge on any atom is 0.244 e. The van der Waals surface area contributed by atoms with E-state index in [4.69, 9.17) is 10.2 Å². The summed E-state index contributed by atoms with van der Waals surface area (Å²) in [6, 6.07) is 8.90. The highest BCUT2D eigenvalue weighted by Crippen LogP contribution is 2.25. The molecule has 47 heavy (non-hydrogen) atoms. The summed E-state index contributed by atoms with van der Waals surface area (Å²) in [5.74, 6) is -2.10. The molecule has 13 heteroatoms. The van der Waals surface area contributed by atoms with Gasteiger partial charge in [-0.2, -0.15) is 0 Å². The zero-order chi connectivity index (χ0) is 33.6. The van der Waals surface area contributed by atoms with Crippen LogP contribution in [0.1, 0.15) is 68.3 Å². The summed E-state index contributed by atoms with van der Waals surface area (Å²) in [5, 5.41) is 14.1. The molecule has 2 atom stereocenters. The van der Waals surface area contributed by atoms with Gasteiger partial charge in [-0.3, -0.25) is 28.8 Å². The van der Waals surface area contributed by atoms with Crippen LogP contribution < -0.4 is 32.3 Å². The van der Waals surface area contributed by atoms with Gasteiger partial charge in [0.2, 0.25) is 35.4 Å². The zero-order valence-corrected chi connectivity index (χ0v) is 26.4. The minimum Gasteiger partial charge on any atom is -0.469 e. The monoisotopic (exact) mass is 648 g/mol. The van der Waals surface area contributed by atoms with Gasteiger partial charge in [0.25, 0.3) is 0 Å². The number of carbonyl (C=O) groups excluding carboxylic acids is 6. The van der Waals surface area contributed by atoms with Crippen molar-refractivity contribution >= 4 is 35.4 Å². The van der Waals surface area contributed by atoms with Crippen LogP contribution in [0.5, 0.6) is 0 Å². The summed E-state index contributed by atoms with van der Waals surface area (Å²) < 4.78 is 5.44. The van der Waals surface area contributed by atoms with E-state index in [9.17, 15) is 28.8 Å². The maximum absolute atomic E-state index is 13.5. The molecule has 1 aromatic heterocycles. The second-order valence-corrected chi connectivity index (χ2v) is 12.0. The predicted molar refractivity (Wildman–Crippen MR) is 172 cm³/mol. The molecule has 5 rings (SSSR count). The summed E-state index contributed by atoms with van der Waals surface area (Å²) in [5.41, 5.74) is 6.94. The number of hydrogen-bond acceptors (Lipinski definition) is 7.